The van der Waals surface area contributed by atoms with E-state index in [2.05, 4.69) is 5.32 Å². The molecule has 23 heavy (non-hydrogen) atoms. The lowest BCUT2D eigenvalue weighted by molar-refractivity contribution is -0.128. The molecule has 1 aliphatic rings. The molecule has 118 valence electrons. The largest absolute Gasteiger partial charge is 0.338 e. The molecule has 3 rings (SSSR count). The summed E-state index contributed by atoms with van der Waals surface area (Å²) in [6.45, 7) is 3.00. The number of amides is 2. The van der Waals surface area contributed by atoms with Gasteiger partial charge in [-0.25, -0.2) is 0 Å². The average Bonchev–Trinajstić information content (AvgIpc) is 2.92. The highest BCUT2D eigenvalue weighted by Gasteiger charge is 2.34. The van der Waals surface area contributed by atoms with Crippen LogP contribution in [0.4, 0.5) is 5.69 Å². The third-order valence-electron chi connectivity index (χ3n) is 4.20. The molecule has 1 saturated heterocycles. The van der Waals surface area contributed by atoms with Crippen LogP contribution in [0.5, 0.6) is 0 Å². The van der Waals surface area contributed by atoms with Crippen LogP contribution in [0.1, 0.15) is 17.5 Å². The molecule has 1 heterocycles. The van der Waals surface area contributed by atoms with Crippen LogP contribution in [-0.2, 0) is 16.1 Å². The number of likely N-dealkylation sites (tertiary alicyclic amines) is 1. The van der Waals surface area contributed by atoms with Gasteiger partial charge in [-0.1, -0.05) is 48.5 Å². The van der Waals surface area contributed by atoms with Gasteiger partial charge in [0.15, 0.2) is 0 Å². The van der Waals surface area contributed by atoms with Gasteiger partial charge in [0.25, 0.3) is 0 Å². The van der Waals surface area contributed by atoms with Crippen LogP contribution in [-0.4, -0.2) is 23.3 Å². The van der Waals surface area contributed by atoms with Crippen molar-refractivity contribution in [2.24, 2.45) is 5.92 Å². The predicted octanol–water partition coefficient (Wildman–Crippen LogP) is 2.98. The number of nitrogens with zero attached hydrogens (tertiary/aromatic N) is 1. The van der Waals surface area contributed by atoms with E-state index in [-0.39, 0.29) is 24.2 Å². The molecule has 2 aromatic rings. The first-order chi connectivity index (χ1) is 11.1. The van der Waals surface area contributed by atoms with Crippen molar-refractivity contribution < 1.29 is 9.59 Å². The number of hydrogen-bond donors (Lipinski definition) is 1. The number of rotatable bonds is 4. The maximum Gasteiger partial charge on any atom is 0.229 e. The summed E-state index contributed by atoms with van der Waals surface area (Å²) in [4.78, 5) is 26.3. The van der Waals surface area contributed by atoms with Gasteiger partial charge in [-0.05, 0) is 24.1 Å². The van der Waals surface area contributed by atoms with Crippen LogP contribution in [0.15, 0.2) is 54.6 Å². The van der Waals surface area contributed by atoms with Gasteiger partial charge < -0.3 is 10.2 Å². The van der Waals surface area contributed by atoms with Gasteiger partial charge in [0.1, 0.15) is 0 Å². The predicted molar refractivity (Wildman–Crippen MR) is 89.8 cm³/mol. The number of hydrogen-bond acceptors (Lipinski definition) is 2. The van der Waals surface area contributed by atoms with Gasteiger partial charge in [0, 0.05) is 25.2 Å². The van der Waals surface area contributed by atoms with Crippen LogP contribution in [0.2, 0.25) is 0 Å². The Bertz CT molecular complexity index is 712. The molecule has 1 aliphatic heterocycles. The van der Waals surface area contributed by atoms with E-state index in [1.54, 1.807) is 4.90 Å². The van der Waals surface area contributed by atoms with Crippen molar-refractivity contribution in [3.8, 4) is 0 Å². The van der Waals surface area contributed by atoms with E-state index in [1.165, 1.54) is 0 Å². The molecule has 4 nitrogen and oxygen atoms in total. The molecule has 1 atom stereocenters. The molecule has 0 saturated carbocycles. The Morgan fingerprint density at radius 1 is 1.13 bits per heavy atom. The second-order valence-electron chi connectivity index (χ2n) is 5.97. The van der Waals surface area contributed by atoms with E-state index < -0.39 is 0 Å². The Labute approximate surface area is 136 Å². The molecule has 0 aliphatic carbocycles. The Balaban J connectivity index is 1.63. The monoisotopic (exact) mass is 308 g/mol. The minimum absolute atomic E-state index is 0.0405. The first kappa shape index (κ1) is 15.3. The fourth-order valence-corrected chi connectivity index (χ4v) is 2.85. The summed E-state index contributed by atoms with van der Waals surface area (Å²) in [5, 5.41) is 2.94. The van der Waals surface area contributed by atoms with Crippen molar-refractivity contribution in [3.63, 3.8) is 0 Å². The molecule has 2 aromatic carbocycles. The maximum atomic E-state index is 12.4. The fourth-order valence-electron chi connectivity index (χ4n) is 2.85. The summed E-state index contributed by atoms with van der Waals surface area (Å²) in [5.41, 5.74) is 2.92. The first-order valence-electron chi connectivity index (χ1n) is 7.81. The SMILES string of the molecule is Cc1ccccc1NC(=O)[C@@H]1CC(=O)N(Cc2ccccc2)C1. The minimum atomic E-state index is -0.286. The highest BCUT2D eigenvalue weighted by Crippen LogP contribution is 2.22. The highest BCUT2D eigenvalue weighted by atomic mass is 16.2. The van der Waals surface area contributed by atoms with E-state index in [1.807, 2.05) is 61.5 Å². The summed E-state index contributed by atoms with van der Waals surface area (Å²) < 4.78 is 0. The lowest BCUT2D eigenvalue weighted by Gasteiger charge is -2.17. The summed E-state index contributed by atoms with van der Waals surface area (Å²) in [6, 6.07) is 17.5. The van der Waals surface area contributed by atoms with Gasteiger partial charge in [0.2, 0.25) is 11.8 Å². The van der Waals surface area contributed by atoms with Gasteiger partial charge in [-0.2, -0.15) is 0 Å². The van der Waals surface area contributed by atoms with Crippen molar-refractivity contribution in [2.45, 2.75) is 19.9 Å². The molecular formula is C19H20N2O2. The Morgan fingerprint density at radius 2 is 1.83 bits per heavy atom. The molecule has 0 radical (unpaired) electrons. The zero-order valence-corrected chi connectivity index (χ0v) is 13.2. The molecule has 1 N–H and O–H groups in total. The Kier molecular flexibility index (Phi) is 4.42. The third kappa shape index (κ3) is 3.59. The molecule has 0 aromatic heterocycles. The van der Waals surface area contributed by atoms with Crippen molar-refractivity contribution >= 4 is 17.5 Å². The van der Waals surface area contributed by atoms with E-state index >= 15 is 0 Å². The van der Waals surface area contributed by atoms with Crippen molar-refractivity contribution in [1.29, 1.82) is 0 Å². The number of benzene rings is 2. The molecule has 0 unspecified atom stereocenters. The van der Waals surface area contributed by atoms with E-state index in [0.29, 0.717) is 13.1 Å². The minimum Gasteiger partial charge on any atom is -0.338 e. The van der Waals surface area contributed by atoms with E-state index in [9.17, 15) is 9.59 Å². The smallest absolute Gasteiger partial charge is 0.229 e. The lowest BCUT2D eigenvalue weighted by atomic mass is 10.1. The Morgan fingerprint density at radius 3 is 2.57 bits per heavy atom. The van der Waals surface area contributed by atoms with Crippen LogP contribution >= 0.6 is 0 Å². The van der Waals surface area contributed by atoms with E-state index in [0.717, 1.165) is 16.8 Å². The van der Waals surface area contributed by atoms with Gasteiger partial charge >= 0.3 is 0 Å². The number of aryl methyl sites for hydroxylation is 1. The normalized spacial score (nSPS) is 17.3. The summed E-state index contributed by atoms with van der Waals surface area (Å²) in [6.07, 6.45) is 0.282. The molecule has 0 spiro atoms. The second kappa shape index (κ2) is 6.65. The highest BCUT2D eigenvalue weighted by molar-refractivity contribution is 5.97. The molecular weight excluding hydrogens is 288 g/mol. The fraction of sp³-hybridized carbons (Fsp3) is 0.263. The molecule has 4 heteroatoms. The van der Waals surface area contributed by atoms with Gasteiger partial charge in [-0.3, -0.25) is 9.59 Å². The number of anilines is 1. The number of nitrogens with one attached hydrogen (secondary N) is 1. The topological polar surface area (TPSA) is 49.4 Å². The van der Waals surface area contributed by atoms with Crippen LogP contribution in [0.25, 0.3) is 0 Å². The third-order valence-corrected chi connectivity index (χ3v) is 4.20. The number of para-hydroxylation sites is 1. The Hall–Kier alpha value is -2.62. The van der Waals surface area contributed by atoms with Crippen LogP contribution in [0.3, 0.4) is 0 Å². The zero-order chi connectivity index (χ0) is 16.2. The summed E-state index contributed by atoms with van der Waals surface area (Å²) in [7, 11) is 0. The molecule has 0 bridgehead atoms. The van der Waals surface area contributed by atoms with Crippen molar-refractivity contribution in [1.82, 2.24) is 4.90 Å². The summed E-state index contributed by atoms with van der Waals surface area (Å²) in [5.74, 6) is -0.326. The first-order valence-corrected chi connectivity index (χ1v) is 7.81. The lowest BCUT2D eigenvalue weighted by Crippen LogP contribution is -2.28. The maximum absolute atomic E-state index is 12.4. The number of carbonyl (C=O) groups is 2. The average molecular weight is 308 g/mol. The molecule has 2 amide bonds. The van der Waals surface area contributed by atoms with Crippen molar-refractivity contribution in [2.75, 3.05) is 11.9 Å². The number of carbonyl (C=O) groups excluding carboxylic acids is 2. The van der Waals surface area contributed by atoms with Crippen LogP contribution < -0.4 is 5.32 Å². The standard InChI is InChI=1S/C19H20N2O2/c1-14-7-5-6-10-17(14)20-19(23)16-11-18(22)21(13-16)12-15-8-3-2-4-9-15/h2-10,16H,11-13H2,1H3,(H,20,23)/t16-/m1/s1. The van der Waals surface area contributed by atoms with Gasteiger partial charge in [-0.15, -0.1) is 0 Å². The van der Waals surface area contributed by atoms with Gasteiger partial charge in [0.05, 0.1) is 5.92 Å². The zero-order valence-electron chi connectivity index (χ0n) is 13.2. The second-order valence-corrected chi connectivity index (χ2v) is 5.97. The van der Waals surface area contributed by atoms with E-state index in [4.69, 9.17) is 0 Å². The van der Waals surface area contributed by atoms with Crippen molar-refractivity contribution in [3.05, 3.63) is 65.7 Å². The summed E-state index contributed by atoms with van der Waals surface area (Å²) >= 11 is 0. The van der Waals surface area contributed by atoms with Crippen LogP contribution in [0, 0.1) is 12.8 Å². The quantitative estimate of drug-likeness (QED) is 0.944. The molecule has 1 fully saturated rings.